The van der Waals surface area contributed by atoms with Gasteiger partial charge >= 0.3 is 0 Å². The zero-order chi connectivity index (χ0) is 24.4. The second-order valence-corrected chi connectivity index (χ2v) is 10.6. The van der Waals surface area contributed by atoms with Crippen LogP contribution in [-0.2, 0) is 12.3 Å². The van der Waals surface area contributed by atoms with Crippen molar-refractivity contribution in [2.75, 3.05) is 6.54 Å². The lowest BCUT2D eigenvalue weighted by Gasteiger charge is -2.14. The van der Waals surface area contributed by atoms with Gasteiger partial charge in [0.15, 0.2) is 5.16 Å². The number of halogens is 1. The van der Waals surface area contributed by atoms with E-state index in [0.29, 0.717) is 57.2 Å². The summed E-state index contributed by atoms with van der Waals surface area (Å²) in [6.45, 7) is 9.30. The third-order valence-corrected chi connectivity index (χ3v) is 6.54. The van der Waals surface area contributed by atoms with Gasteiger partial charge in [-0.25, -0.2) is 0 Å². The average Bonchev–Trinajstić information content (AvgIpc) is 3.22. The summed E-state index contributed by atoms with van der Waals surface area (Å²) >= 11 is 7.65. The van der Waals surface area contributed by atoms with Gasteiger partial charge in [0, 0.05) is 29.4 Å². The van der Waals surface area contributed by atoms with E-state index in [4.69, 9.17) is 11.6 Å². The Hall–Kier alpha value is -2.84. The normalized spacial score (nSPS) is 11.7. The van der Waals surface area contributed by atoms with Crippen LogP contribution in [-0.4, -0.2) is 31.6 Å². The quantitative estimate of drug-likeness (QED) is 0.345. The molecule has 178 valence electrons. The lowest BCUT2D eigenvalue weighted by molar-refractivity contribution is 0.0949. The summed E-state index contributed by atoms with van der Waals surface area (Å²) in [6.07, 6.45) is 0. The second-order valence-electron chi connectivity index (χ2n) is 9.18. The first-order chi connectivity index (χ1) is 16.2. The number of hydrogen-bond donors (Lipinski definition) is 1. The molecule has 0 bridgehead atoms. The van der Waals surface area contributed by atoms with Crippen LogP contribution in [0.5, 0.6) is 0 Å². The molecular weight excluding hydrogens is 470 g/mol. The van der Waals surface area contributed by atoms with Crippen LogP contribution in [0.2, 0.25) is 5.02 Å². The Morgan fingerprint density at radius 2 is 1.88 bits per heavy atom. The highest BCUT2D eigenvalue weighted by Crippen LogP contribution is 2.26. The molecule has 0 fully saturated rings. The molecule has 1 N–H and O–H groups in total. The van der Waals surface area contributed by atoms with Gasteiger partial charge in [0.05, 0.1) is 10.9 Å². The van der Waals surface area contributed by atoms with E-state index in [-0.39, 0.29) is 17.4 Å². The first kappa shape index (κ1) is 24.3. The van der Waals surface area contributed by atoms with Crippen LogP contribution in [0.15, 0.2) is 52.4 Å². The zero-order valence-corrected chi connectivity index (χ0v) is 21.3. The fraction of sp³-hybridized carbons (Fsp3) is 0.360. The van der Waals surface area contributed by atoms with Gasteiger partial charge in [0.2, 0.25) is 5.78 Å². The van der Waals surface area contributed by atoms with Gasteiger partial charge in [-0.05, 0) is 47.7 Å². The van der Waals surface area contributed by atoms with Gasteiger partial charge < -0.3 is 5.32 Å². The van der Waals surface area contributed by atoms with Crippen molar-refractivity contribution in [3.8, 4) is 0 Å². The molecule has 4 rings (SSSR count). The van der Waals surface area contributed by atoms with Crippen LogP contribution in [0.3, 0.4) is 0 Å². The van der Waals surface area contributed by atoms with Crippen molar-refractivity contribution >= 4 is 46.0 Å². The fourth-order valence-corrected chi connectivity index (χ4v) is 4.82. The number of thioether (sulfide) groups is 1. The number of nitrogens with one attached hydrogen (secondary N) is 1. The molecule has 34 heavy (non-hydrogen) atoms. The molecule has 2 aromatic heterocycles. The lowest BCUT2D eigenvalue weighted by Crippen LogP contribution is -2.28. The molecular formula is C25H28ClN5O2S. The summed E-state index contributed by atoms with van der Waals surface area (Å²) in [4.78, 5) is 26.1. The largest absolute Gasteiger partial charge is 0.352 e. The van der Waals surface area contributed by atoms with E-state index in [2.05, 4.69) is 29.4 Å². The van der Waals surface area contributed by atoms with E-state index in [0.717, 1.165) is 5.56 Å². The molecule has 0 spiro atoms. The Bertz CT molecular complexity index is 1410. The first-order valence-electron chi connectivity index (χ1n) is 11.3. The van der Waals surface area contributed by atoms with Gasteiger partial charge in [-0.2, -0.15) is 0 Å². The highest BCUT2D eigenvalue weighted by atomic mass is 35.5. The predicted octanol–water partition coefficient (Wildman–Crippen LogP) is 5.03. The Morgan fingerprint density at radius 3 is 2.59 bits per heavy atom. The molecule has 7 nitrogen and oxygen atoms in total. The van der Waals surface area contributed by atoms with Gasteiger partial charge in [-0.3, -0.25) is 18.6 Å². The highest BCUT2D eigenvalue weighted by Gasteiger charge is 2.19. The molecule has 1 amide bonds. The van der Waals surface area contributed by atoms with Crippen LogP contribution in [0.1, 0.15) is 43.6 Å². The third-order valence-electron chi connectivity index (χ3n) is 5.31. The number of fused-ring (bicyclic) bond motifs is 3. The molecule has 0 saturated carbocycles. The van der Waals surface area contributed by atoms with E-state index >= 15 is 0 Å². The molecule has 0 aliphatic rings. The molecule has 9 heteroatoms. The molecule has 0 saturated heterocycles. The number of hydrogen-bond acceptors (Lipinski definition) is 5. The number of benzene rings is 2. The minimum Gasteiger partial charge on any atom is -0.352 e. The SMILES string of the molecule is CC(C)CNC(=O)c1ccc2c(=O)n(CC(C)C)c3nnc(SCc4cccc(Cl)c4)n3c2c1. The monoisotopic (exact) mass is 497 g/mol. The van der Waals surface area contributed by atoms with Crippen molar-refractivity contribution in [1.29, 1.82) is 0 Å². The molecule has 0 aliphatic heterocycles. The summed E-state index contributed by atoms with van der Waals surface area (Å²) in [5.41, 5.74) is 2.04. The lowest BCUT2D eigenvalue weighted by atomic mass is 10.1. The Morgan fingerprint density at radius 1 is 1.09 bits per heavy atom. The molecule has 2 aromatic carbocycles. The van der Waals surface area contributed by atoms with Gasteiger partial charge in [0.1, 0.15) is 0 Å². The highest BCUT2D eigenvalue weighted by molar-refractivity contribution is 7.98. The molecule has 0 unspecified atom stereocenters. The van der Waals surface area contributed by atoms with Gasteiger partial charge in [0.25, 0.3) is 11.5 Å². The van der Waals surface area contributed by atoms with E-state index in [9.17, 15) is 9.59 Å². The van der Waals surface area contributed by atoms with Crippen molar-refractivity contribution in [1.82, 2.24) is 24.5 Å². The maximum Gasteiger partial charge on any atom is 0.262 e. The summed E-state index contributed by atoms with van der Waals surface area (Å²) in [5, 5.41) is 13.6. The fourth-order valence-electron chi connectivity index (χ4n) is 3.72. The van der Waals surface area contributed by atoms with Crippen LogP contribution >= 0.6 is 23.4 Å². The Labute approximate surface area is 207 Å². The van der Waals surface area contributed by atoms with Crippen molar-refractivity contribution in [3.05, 3.63) is 69.0 Å². The Balaban J connectivity index is 1.84. The second kappa shape index (κ2) is 10.2. The van der Waals surface area contributed by atoms with Gasteiger partial charge in [-0.1, -0.05) is 63.2 Å². The van der Waals surface area contributed by atoms with Crippen LogP contribution in [0, 0.1) is 11.8 Å². The number of amides is 1. The van der Waals surface area contributed by atoms with Crippen LogP contribution in [0.25, 0.3) is 16.7 Å². The molecule has 2 heterocycles. The number of carbonyl (C=O) groups excluding carboxylic acids is 1. The summed E-state index contributed by atoms with van der Waals surface area (Å²) in [6, 6.07) is 12.9. The summed E-state index contributed by atoms with van der Waals surface area (Å²) in [5.74, 6) is 1.53. The maximum atomic E-state index is 13.4. The van der Waals surface area contributed by atoms with E-state index in [1.807, 2.05) is 42.5 Å². The molecule has 4 aromatic rings. The zero-order valence-electron chi connectivity index (χ0n) is 19.7. The molecule has 0 atom stereocenters. The first-order valence-corrected chi connectivity index (χ1v) is 12.7. The maximum absolute atomic E-state index is 13.4. The molecule has 0 radical (unpaired) electrons. The third kappa shape index (κ3) is 5.13. The van der Waals surface area contributed by atoms with Crippen LogP contribution < -0.4 is 10.9 Å². The topological polar surface area (TPSA) is 81.3 Å². The van der Waals surface area contributed by atoms with Crippen molar-refractivity contribution < 1.29 is 4.79 Å². The van der Waals surface area contributed by atoms with Crippen molar-refractivity contribution in [2.45, 2.75) is 45.1 Å². The van der Waals surface area contributed by atoms with Gasteiger partial charge in [-0.15, -0.1) is 10.2 Å². The smallest absolute Gasteiger partial charge is 0.262 e. The number of rotatable bonds is 8. The molecule has 0 aliphatic carbocycles. The minimum atomic E-state index is -0.170. The van der Waals surface area contributed by atoms with Crippen molar-refractivity contribution in [2.24, 2.45) is 11.8 Å². The van der Waals surface area contributed by atoms with E-state index < -0.39 is 0 Å². The number of carbonyl (C=O) groups is 1. The standard InChI is InChI=1S/C25H28ClN5O2S/c1-15(2)12-27-22(32)18-8-9-20-21(11-18)31-24(30(23(20)33)13-16(3)4)28-29-25(31)34-14-17-6-5-7-19(26)10-17/h5-11,15-16H,12-14H2,1-4H3,(H,27,32). The number of aromatic nitrogens is 4. The predicted molar refractivity (Wildman–Crippen MR) is 138 cm³/mol. The number of nitrogens with zero attached hydrogens (tertiary/aromatic N) is 4. The van der Waals surface area contributed by atoms with E-state index in [1.165, 1.54) is 11.8 Å². The minimum absolute atomic E-state index is 0.135. The average molecular weight is 498 g/mol. The summed E-state index contributed by atoms with van der Waals surface area (Å²) in [7, 11) is 0. The summed E-state index contributed by atoms with van der Waals surface area (Å²) < 4.78 is 3.55. The van der Waals surface area contributed by atoms with E-state index in [1.54, 1.807) is 22.8 Å². The Kier molecular flexibility index (Phi) is 7.28. The van der Waals surface area contributed by atoms with Crippen molar-refractivity contribution in [3.63, 3.8) is 0 Å². The van der Waals surface area contributed by atoms with Crippen LogP contribution in [0.4, 0.5) is 0 Å².